The summed E-state index contributed by atoms with van der Waals surface area (Å²) < 4.78 is 1.58. The van der Waals surface area contributed by atoms with Gasteiger partial charge in [-0.15, -0.1) is 5.10 Å². The van der Waals surface area contributed by atoms with Gasteiger partial charge in [0.15, 0.2) is 0 Å². The standard InChI is InChI=1S/C20H22ClN5O/c1-14-23-19(24-26(14)18-11-7-6-10-17(18)21)20(27)22-12-15-8-4-5-9-16(15)13-25(2)3/h4-11H,12-13H2,1-3H3,(H,22,27). The summed E-state index contributed by atoms with van der Waals surface area (Å²) in [5.41, 5.74) is 2.94. The Labute approximate surface area is 163 Å². The van der Waals surface area contributed by atoms with Crippen molar-refractivity contribution in [3.05, 3.63) is 76.3 Å². The lowest BCUT2D eigenvalue weighted by Crippen LogP contribution is -2.25. The number of rotatable bonds is 6. The third-order valence-corrected chi connectivity index (χ3v) is 4.42. The fraction of sp³-hybridized carbons (Fsp3) is 0.250. The second kappa shape index (κ2) is 8.33. The molecular formula is C20H22ClN5O. The number of nitrogens with zero attached hydrogens (tertiary/aromatic N) is 4. The van der Waals surface area contributed by atoms with Crippen molar-refractivity contribution < 1.29 is 4.79 Å². The number of aromatic nitrogens is 3. The van der Waals surface area contributed by atoms with E-state index in [0.29, 0.717) is 23.1 Å². The highest BCUT2D eigenvalue weighted by Crippen LogP contribution is 2.20. The molecule has 0 saturated heterocycles. The molecule has 0 saturated carbocycles. The molecule has 0 spiro atoms. The summed E-state index contributed by atoms with van der Waals surface area (Å²) >= 11 is 6.23. The van der Waals surface area contributed by atoms with E-state index in [0.717, 1.165) is 12.1 Å². The number of carbonyl (C=O) groups excluding carboxylic acids is 1. The van der Waals surface area contributed by atoms with Crippen molar-refractivity contribution in [2.24, 2.45) is 0 Å². The van der Waals surface area contributed by atoms with Gasteiger partial charge in [-0.05, 0) is 44.3 Å². The summed E-state index contributed by atoms with van der Waals surface area (Å²) in [5, 5.41) is 7.78. The number of nitrogens with one attached hydrogen (secondary N) is 1. The fourth-order valence-electron chi connectivity index (χ4n) is 2.82. The van der Waals surface area contributed by atoms with Gasteiger partial charge in [-0.2, -0.15) is 0 Å². The van der Waals surface area contributed by atoms with Crippen molar-refractivity contribution in [2.45, 2.75) is 20.0 Å². The highest BCUT2D eigenvalue weighted by atomic mass is 35.5. The topological polar surface area (TPSA) is 63.1 Å². The monoisotopic (exact) mass is 383 g/mol. The molecule has 1 heterocycles. The molecule has 0 unspecified atom stereocenters. The summed E-state index contributed by atoms with van der Waals surface area (Å²) in [6.45, 7) is 3.02. The summed E-state index contributed by atoms with van der Waals surface area (Å²) in [7, 11) is 4.03. The number of hydrogen-bond acceptors (Lipinski definition) is 4. The van der Waals surface area contributed by atoms with E-state index in [1.807, 2.05) is 50.5 Å². The van der Waals surface area contributed by atoms with E-state index in [2.05, 4.69) is 26.4 Å². The van der Waals surface area contributed by atoms with Crippen LogP contribution in [0, 0.1) is 6.92 Å². The van der Waals surface area contributed by atoms with Gasteiger partial charge in [0, 0.05) is 13.1 Å². The van der Waals surface area contributed by atoms with Crippen molar-refractivity contribution in [1.82, 2.24) is 25.0 Å². The van der Waals surface area contributed by atoms with Crippen molar-refractivity contribution in [1.29, 1.82) is 0 Å². The first-order valence-corrected chi connectivity index (χ1v) is 9.02. The van der Waals surface area contributed by atoms with Crippen LogP contribution in [-0.2, 0) is 13.1 Å². The maximum atomic E-state index is 12.5. The third kappa shape index (κ3) is 4.53. The average Bonchev–Trinajstić information content (AvgIpc) is 3.02. The zero-order valence-electron chi connectivity index (χ0n) is 15.6. The fourth-order valence-corrected chi connectivity index (χ4v) is 3.03. The molecule has 27 heavy (non-hydrogen) atoms. The molecular weight excluding hydrogens is 362 g/mol. The largest absolute Gasteiger partial charge is 0.345 e. The van der Waals surface area contributed by atoms with Crippen LogP contribution in [0.2, 0.25) is 5.02 Å². The predicted octanol–water partition coefficient (Wildman–Crippen LogP) is 3.22. The molecule has 1 N–H and O–H groups in total. The van der Waals surface area contributed by atoms with E-state index >= 15 is 0 Å². The summed E-state index contributed by atoms with van der Waals surface area (Å²) in [5.74, 6) is 0.405. The summed E-state index contributed by atoms with van der Waals surface area (Å²) in [6.07, 6.45) is 0. The maximum absolute atomic E-state index is 12.5. The van der Waals surface area contributed by atoms with Gasteiger partial charge in [0.1, 0.15) is 5.82 Å². The van der Waals surface area contributed by atoms with E-state index in [-0.39, 0.29) is 11.7 Å². The number of amides is 1. The van der Waals surface area contributed by atoms with Crippen LogP contribution in [0.4, 0.5) is 0 Å². The van der Waals surface area contributed by atoms with Crippen LogP contribution < -0.4 is 5.32 Å². The second-order valence-corrected chi connectivity index (χ2v) is 6.94. The Morgan fingerprint density at radius 3 is 2.48 bits per heavy atom. The van der Waals surface area contributed by atoms with Gasteiger partial charge in [0.05, 0.1) is 10.7 Å². The molecule has 0 atom stereocenters. The van der Waals surface area contributed by atoms with Gasteiger partial charge in [-0.3, -0.25) is 4.79 Å². The maximum Gasteiger partial charge on any atom is 0.291 e. The highest BCUT2D eigenvalue weighted by Gasteiger charge is 2.16. The van der Waals surface area contributed by atoms with Crippen molar-refractivity contribution in [3.63, 3.8) is 0 Å². The Morgan fingerprint density at radius 2 is 1.78 bits per heavy atom. The Kier molecular flexibility index (Phi) is 5.88. The third-order valence-electron chi connectivity index (χ3n) is 4.10. The number of hydrogen-bond donors (Lipinski definition) is 1. The minimum Gasteiger partial charge on any atom is -0.345 e. The lowest BCUT2D eigenvalue weighted by Gasteiger charge is -2.14. The molecule has 2 aromatic carbocycles. The summed E-state index contributed by atoms with van der Waals surface area (Å²) in [4.78, 5) is 18.9. The molecule has 140 valence electrons. The molecule has 6 nitrogen and oxygen atoms in total. The molecule has 1 aromatic heterocycles. The van der Waals surface area contributed by atoms with Crippen molar-refractivity contribution >= 4 is 17.5 Å². The van der Waals surface area contributed by atoms with E-state index < -0.39 is 0 Å². The molecule has 0 fully saturated rings. The minimum atomic E-state index is -0.316. The molecule has 1 amide bonds. The number of aryl methyl sites for hydroxylation is 1. The van der Waals surface area contributed by atoms with Crippen LogP contribution in [0.3, 0.4) is 0 Å². The predicted molar refractivity (Wildman–Crippen MR) is 106 cm³/mol. The van der Waals surface area contributed by atoms with Crippen LogP contribution in [0.15, 0.2) is 48.5 Å². The number of carbonyl (C=O) groups is 1. The first-order valence-electron chi connectivity index (χ1n) is 8.64. The van der Waals surface area contributed by atoms with Crippen LogP contribution >= 0.6 is 11.6 Å². The molecule has 0 radical (unpaired) electrons. The van der Waals surface area contributed by atoms with Crippen molar-refractivity contribution in [3.8, 4) is 5.69 Å². The Hall–Kier alpha value is -2.70. The van der Waals surface area contributed by atoms with Gasteiger partial charge in [0.25, 0.3) is 5.91 Å². The van der Waals surface area contributed by atoms with Gasteiger partial charge < -0.3 is 10.2 Å². The molecule has 0 aliphatic rings. The van der Waals surface area contributed by atoms with E-state index in [1.165, 1.54) is 5.56 Å². The Morgan fingerprint density at radius 1 is 1.11 bits per heavy atom. The van der Waals surface area contributed by atoms with Gasteiger partial charge >= 0.3 is 0 Å². The van der Waals surface area contributed by atoms with E-state index in [9.17, 15) is 4.79 Å². The number of para-hydroxylation sites is 1. The van der Waals surface area contributed by atoms with Gasteiger partial charge in [-0.1, -0.05) is 48.0 Å². The quantitative estimate of drug-likeness (QED) is 0.709. The highest BCUT2D eigenvalue weighted by molar-refractivity contribution is 6.32. The molecule has 3 rings (SSSR count). The molecule has 0 bridgehead atoms. The van der Waals surface area contributed by atoms with Crippen LogP contribution in [-0.4, -0.2) is 39.7 Å². The smallest absolute Gasteiger partial charge is 0.291 e. The Bertz CT molecular complexity index is 951. The number of halogens is 1. The van der Waals surface area contributed by atoms with Gasteiger partial charge in [-0.25, -0.2) is 9.67 Å². The minimum absolute atomic E-state index is 0.123. The number of benzene rings is 2. The van der Waals surface area contributed by atoms with Gasteiger partial charge in [0.2, 0.25) is 5.82 Å². The first-order chi connectivity index (χ1) is 13.0. The normalized spacial score (nSPS) is 11.0. The zero-order chi connectivity index (χ0) is 19.4. The first kappa shape index (κ1) is 19.1. The van der Waals surface area contributed by atoms with Crippen LogP contribution in [0.5, 0.6) is 0 Å². The molecule has 0 aliphatic carbocycles. The molecule has 0 aliphatic heterocycles. The van der Waals surface area contributed by atoms with Crippen LogP contribution in [0.1, 0.15) is 27.6 Å². The van der Waals surface area contributed by atoms with Crippen LogP contribution in [0.25, 0.3) is 5.69 Å². The molecule has 7 heteroatoms. The SMILES string of the molecule is Cc1nc(C(=O)NCc2ccccc2CN(C)C)nn1-c1ccccc1Cl. The molecule has 3 aromatic rings. The van der Waals surface area contributed by atoms with Crippen molar-refractivity contribution in [2.75, 3.05) is 14.1 Å². The Balaban J connectivity index is 1.75. The zero-order valence-corrected chi connectivity index (χ0v) is 16.4. The van der Waals surface area contributed by atoms with E-state index in [1.54, 1.807) is 17.7 Å². The average molecular weight is 384 g/mol. The summed E-state index contributed by atoms with van der Waals surface area (Å²) in [6, 6.07) is 15.4. The van der Waals surface area contributed by atoms with E-state index in [4.69, 9.17) is 11.6 Å². The second-order valence-electron chi connectivity index (χ2n) is 6.54. The lowest BCUT2D eigenvalue weighted by atomic mass is 10.1. The lowest BCUT2D eigenvalue weighted by molar-refractivity contribution is 0.0940.